The number of aromatic nitrogens is 3. The van der Waals surface area contributed by atoms with Gasteiger partial charge in [-0.15, -0.1) is 5.10 Å². The summed E-state index contributed by atoms with van der Waals surface area (Å²) in [5, 5.41) is 19.1. The Labute approximate surface area is 143 Å². The smallest absolute Gasteiger partial charge is 0.310 e. The summed E-state index contributed by atoms with van der Waals surface area (Å²) in [4.78, 5) is 10.5. The lowest BCUT2D eigenvalue weighted by Gasteiger charge is -2.04. The number of ether oxygens (including phenoxy) is 2. The molecule has 0 saturated heterocycles. The summed E-state index contributed by atoms with van der Waals surface area (Å²) in [6.07, 6.45) is 1.74. The Balaban J connectivity index is 1.65. The molecule has 3 aromatic rings. The fourth-order valence-electron chi connectivity index (χ4n) is 2.32. The molecule has 0 saturated carbocycles. The van der Waals surface area contributed by atoms with Crippen molar-refractivity contribution in [3.05, 3.63) is 76.1 Å². The van der Waals surface area contributed by atoms with Crippen molar-refractivity contribution in [3.8, 4) is 11.5 Å². The van der Waals surface area contributed by atoms with Gasteiger partial charge in [0.05, 0.1) is 24.8 Å². The highest BCUT2D eigenvalue weighted by atomic mass is 16.6. The molecule has 0 aliphatic carbocycles. The molecule has 25 heavy (non-hydrogen) atoms. The Morgan fingerprint density at radius 3 is 2.84 bits per heavy atom. The van der Waals surface area contributed by atoms with Crippen LogP contribution in [0.2, 0.25) is 0 Å². The van der Waals surface area contributed by atoms with Crippen molar-refractivity contribution in [2.45, 2.75) is 13.2 Å². The van der Waals surface area contributed by atoms with Crippen molar-refractivity contribution < 1.29 is 14.4 Å². The average Bonchev–Trinajstić information content (AvgIpc) is 3.07. The molecule has 8 nitrogen and oxygen atoms in total. The minimum atomic E-state index is -0.477. The van der Waals surface area contributed by atoms with Crippen LogP contribution in [0.25, 0.3) is 0 Å². The normalized spacial score (nSPS) is 10.4. The van der Waals surface area contributed by atoms with E-state index in [1.165, 1.54) is 6.07 Å². The molecule has 0 N–H and O–H groups in total. The average molecular weight is 340 g/mol. The zero-order valence-corrected chi connectivity index (χ0v) is 13.5. The van der Waals surface area contributed by atoms with Crippen molar-refractivity contribution in [1.82, 2.24) is 15.0 Å². The van der Waals surface area contributed by atoms with E-state index in [4.69, 9.17) is 9.47 Å². The number of para-hydroxylation sites is 2. The third kappa shape index (κ3) is 4.11. The van der Waals surface area contributed by atoms with Crippen LogP contribution in [0.4, 0.5) is 5.69 Å². The van der Waals surface area contributed by atoms with Crippen LogP contribution in [-0.2, 0) is 13.2 Å². The summed E-state index contributed by atoms with van der Waals surface area (Å²) in [6.45, 7) is 0.638. The molecule has 0 atom stereocenters. The summed E-state index contributed by atoms with van der Waals surface area (Å²) >= 11 is 0. The molecule has 0 unspecified atom stereocenters. The lowest BCUT2D eigenvalue weighted by molar-refractivity contribution is -0.385. The summed E-state index contributed by atoms with van der Waals surface area (Å²) in [5.74, 6) is 0.979. The number of nitro benzene ring substituents is 1. The number of nitro groups is 1. The van der Waals surface area contributed by atoms with E-state index in [1.807, 2.05) is 24.3 Å². The van der Waals surface area contributed by atoms with Gasteiger partial charge in [-0.25, -0.2) is 4.68 Å². The molecule has 0 aliphatic heterocycles. The van der Waals surface area contributed by atoms with E-state index >= 15 is 0 Å². The van der Waals surface area contributed by atoms with Crippen LogP contribution in [0.15, 0.2) is 54.7 Å². The second-order valence-corrected chi connectivity index (χ2v) is 5.27. The molecule has 0 radical (unpaired) electrons. The number of methoxy groups -OCH3 is 1. The fraction of sp³-hybridized carbons (Fsp3) is 0.176. The molecule has 8 heteroatoms. The van der Waals surface area contributed by atoms with E-state index in [0.717, 1.165) is 11.3 Å². The van der Waals surface area contributed by atoms with E-state index in [9.17, 15) is 10.1 Å². The van der Waals surface area contributed by atoms with Gasteiger partial charge in [0.25, 0.3) is 0 Å². The molecule has 0 fully saturated rings. The topological polar surface area (TPSA) is 92.3 Å². The quantitative estimate of drug-likeness (QED) is 0.485. The second kappa shape index (κ2) is 7.43. The Bertz CT molecular complexity index is 878. The summed E-state index contributed by atoms with van der Waals surface area (Å²) in [7, 11) is 1.62. The lowest BCUT2D eigenvalue weighted by Crippen LogP contribution is -2.01. The van der Waals surface area contributed by atoms with Gasteiger partial charge in [0.15, 0.2) is 5.75 Å². The van der Waals surface area contributed by atoms with Crippen molar-refractivity contribution in [2.75, 3.05) is 7.11 Å². The minimum absolute atomic E-state index is 0.0775. The highest BCUT2D eigenvalue weighted by molar-refractivity contribution is 5.45. The highest BCUT2D eigenvalue weighted by Crippen LogP contribution is 2.26. The van der Waals surface area contributed by atoms with E-state index in [0.29, 0.717) is 12.2 Å². The third-order valence-corrected chi connectivity index (χ3v) is 3.50. The monoisotopic (exact) mass is 340 g/mol. The van der Waals surface area contributed by atoms with Gasteiger partial charge in [-0.1, -0.05) is 29.5 Å². The van der Waals surface area contributed by atoms with Crippen LogP contribution >= 0.6 is 0 Å². The first-order valence-corrected chi connectivity index (χ1v) is 7.54. The van der Waals surface area contributed by atoms with Gasteiger partial charge >= 0.3 is 5.69 Å². The molecule has 3 rings (SSSR count). The number of nitrogens with zero attached hydrogens (tertiary/aromatic N) is 4. The highest BCUT2D eigenvalue weighted by Gasteiger charge is 2.14. The molecule has 1 aromatic heterocycles. The Morgan fingerprint density at radius 2 is 2.04 bits per heavy atom. The largest absolute Gasteiger partial charge is 0.497 e. The Hall–Kier alpha value is -3.42. The Morgan fingerprint density at radius 1 is 1.20 bits per heavy atom. The van der Waals surface area contributed by atoms with Crippen LogP contribution < -0.4 is 9.47 Å². The number of hydrogen-bond donors (Lipinski definition) is 0. The van der Waals surface area contributed by atoms with Crippen LogP contribution in [0.3, 0.4) is 0 Å². The van der Waals surface area contributed by atoms with E-state index in [2.05, 4.69) is 10.3 Å². The first-order valence-electron chi connectivity index (χ1n) is 7.54. The third-order valence-electron chi connectivity index (χ3n) is 3.50. The zero-order valence-electron chi connectivity index (χ0n) is 13.5. The van der Waals surface area contributed by atoms with Crippen molar-refractivity contribution in [2.24, 2.45) is 0 Å². The van der Waals surface area contributed by atoms with Crippen molar-refractivity contribution in [1.29, 1.82) is 0 Å². The predicted molar refractivity (Wildman–Crippen MR) is 89.5 cm³/mol. The van der Waals surface area contributed by atoms with Gasteiger partial charge in [0.2, 0.25) is 0 Å². The molecular weight excluding hydrogens is 324 g/mol. The van der Waals surface area contributed by atoms with E-state index in [-0.39, 0.29) is 18.0 Å². The molecular formula is C17H16N4O4. The van der Waals surface area contributed by atoms with Crippen LogP contribution in [0.1, 0.15) is 11.3 Å². The summed E-state index contributed by atoms with van der Waals surface area (Å²) in [5.41, 5.74) is 1.53. The van der Waals surface area contributed by atoms with Crippen LogP contribution in [0.5, 0.6) is 11.5 Å². The van der Waals surface area contributed by atoms with E-state index in [1.54, 1.807) is 36.2 Å². The number of hydrogen-bond acceptors (Lipinski definition) is 6. The van der Waals surface area contributed by atoms with Crippen LogP contribution in [0, 0.1) is 10.1 Å². The molecule has 1 heterocycles. The first kappa shape index (κ1) is 16.4. The lowest BCUT2D eigenvalue weighted by atomic mass is 10.2. The summed E-state index contributed by atoms with van der Waals surface area (Å²) < 4.78 is 12.4. The molecule has 0 spiro atoms. The summed E-state index contributed by atoms with van der Waals surface area (Å²) in [6, 6.07) is 13.9. The molecule has 0 bridgehead atoms. The standard InChI is InChI=1S/C17H16N4O4/c1-24-15-6-4-5-13(9-15)10-20-11-14(18-19-20)12-25-17-8-3-2-7-16(17)21(22)23/h2-9,11H,10,12H2,1H3. The molecule has 0 aliphatic rings. The molecule has 0 amide bonds. The van der Waals surface area contributed by atoms with Crippen LogP contribution in [-0.4, -0.2) is 27.0 Å². The maximum absolute atomic E-state index is 11.0. The van der Waals surface area contributed by atoms with E-state index < -0.39 is 4.92 Å². The van der Waals surface area contributed by atoms with Gasteiger partial charge in [-0.3, -0.25) is 10.1 Å². The van der Waals surface area contributed by atoms with Gasteiger partial charge < -0.3 is 9.47 Å². The molecule has 2 aromatic carbocycles. The van der Waals surface area contributed by atoms with Gasteiger partial charge in [0.1, 0.15) is 18.1 Å². The number of rotatable bonds is 7. The van der Waals surface area contributed by atoms with Gasteiger partial charge in [-0.05, 0) is 23.8 Å². The number of benzene rings is 2. The zero-order chi connectivity index (χ0) is 17.6. The van der Waals surface area contributed by atoms with Crippen molar-refractivity contribution >= 4 is 5.69 Å². The Kier molecular flexibility index (Phi) is 4.89. The maximum atomic E-state index is 11.0. The predicted octanol–water partition coefficient (Wildman–Crippen LogP) is 2.82. The second-order valence-electron chi connectivity index (χ2n) is 5.27. The van der Waals surface area contributed by atoms with Gasteiger partial charge in [0, 0.05) is 6.07 Å². The maximum Gasteiger partial charge on any atom is 0.310 e. The van der Waals surface area contributed by atoms with Crippen molar-refractivity contribution in [3.63, 3.8) is 0 Å². The minimum Gasteiger partial charge on any atom is -0.497 e. The SMILES string of the molecule is COc1cccc(Cn2cc(COc3ccccc3[N+](=O)[O-])nn2)c1. The molecule has 128 valence electrons. The fourth-order valence-corrected chi connectivity index (χ4v) is 2.32. The van der Waals surface area contributed by atoms with Gasteiger partial charge in [-0.2, -0.15) is 0 Å². The first-order chi connectivity index (χ1) is 12.2.